The molecule has 1 fully saturated rings. The molecule has 2 aromatic carbocycles. The van der Waals surface area contributed by atoms with E-state index in [1.165, 1.54) is 13.2 Å². The second kappa shape index (κ2) is 9.48. The lowest BCUT2D eigenvalue weighted by Gasteiger charge is -2.26. The molecular formula is C25H24FN5O3. The number of rotatable bonds is 6. The van der Waals surface area contributed by atoms with E-state index in [1.54, 1.807) is 18.3 Å². The van der Waals surface area contributed by atoms with Crippen molar-refractivity contribution in [1.82, 2.24) is 19.4 Å². The normalized spacial score (nSPS) is 13.8. The van der Waals surface area contributed by atoms with E-state index in [2.05, 4.69) is 15.3 Å². The van der Waals surface area contributed by atoms with Gasteiger partial charge >= 0.3 is 0 Å². The largest absolute Gasteiger partial charge is 0.494 e. The molecule has 1 aliphatic heterocycles. The number of methoxy groups -OCH3 is 1. The molecule has 5 rings (SSSR count). The van der Waals surface area contributed by atoms with Crippen molar-refractivity contribution in [1.29, 1.82) is 0 Å². The minimum absolute atomic E-state index is 0.114. The quantitative estimate of drug-likeness (QED) is 0.472. The maximum Gasteiger partial charge on any atom is 0.229 e. The van der Waals surface area contributed by atoms with Gasteiger partial charge in [0.1, 0.15) is 5.65 Å². The summed E-state index contributed by atoms with van der Waals surface area (Å²) >= 11 is 0. The number of hydrogen-bond donors (Lipinski definition) is 1. The van der Waals surface area contributed by atoms with Gasteiger partial charge in [-0.15, -0.1) is 0 Å². The SMILES string of the molecule is COc1cc(Nc2ncc3ccn(-c4ccc(CC(=O)N5CCOCC5)cc4)c3n2)ccc1F. The van der Waals surface area contributed by atoms with Crippen molar-refractivity contribution in [3.05, 3.63) is 72.3 Å². The Hall–Kier alpha value is -3.98. The Morgan fingerprint density at radius 3 is 2.71 bits per heavy atom. The van der Waals surface area contributed by atoms with Crippen LogP contribution in [0, 0.1) is 5.82 Å². The van der Waals surface area contributed by atoms with E-state index < -0.39 is 5.82 Å². The van der Waals surface area contributed by atoms with Crippen LogP contribution in [0.25, 0.3) is 16.7 Å². The lowest BCUT2D eigenvalue weighted by Crippen LogP contribution is -2.41. The molecule has 0 radical (unpaired) electrons. The molecule has 4 aromatic rings. The number of nitrogens with one attached hydrogen (secondary N) is 1. The van der Waals surface area contributed by atoms with Gasteiger partial charge in [-0.05, 0) is 35.9 Å². The fourth-order valence-corrected chi connectivity index (χ4v) is 3.93. The summed E-state index contributed by atoms with van der Waals surface area (Å²) < 4.78 is 26.0. The molecule has 1 saturated heterocycles. The van der Waals surface area contributed by atoms with Crippen LogP contribution in [-0.2, 0) is 16.0 Å². The van der Waals surface area contributed by atoms with Gasteiger partial charge in [0, 0.05) is 48.3 Å². The van der Waals surface area contributed by atoms with E-state index in [1.807, 2.05) is 46.0 Å². The van der Waals surface area contributed by atoms with Gasteiger partial charge in [-0.2, -0.15) is 4.98 Å². The number of fused-ring (bicyclic) bond motifs is 1. The molecule has 0 saturated carbocycles. The number of nitrogens with zero attached hydrogens (tertiary/aromatic N) is 4. The van der Waals surface area contributed by atoms with Crippen LogP contribution in [0.5, 0.6) is 5.75 Å². The number of anilines is 2. The number of morpholine rings is 1. The van der Waals surface area contributed by atoms with Gasteiger partial charge in [0.25, 0.3) is 0 Å². The average molecular weight is 461 g/mol. The molecule has 34 heavy (non-hydrogen) atoms. The fourth-order valence-electron chi connectivity index (χ4n) is 3.93. The Balaban J connectivity index is 1.35. The van der Waals surface area contributed by atoms with E-state index in [9.17, 15) is 9.18 Å². The summed E-state index contributed by atoms with van der Waals surface area (Å²) in [4.78, 5) is 23.4. The van der Waals surface area contributed by atoms with Crippen LogP contribution in [0.3, 0.4) is 0 Å². The summed E-state index contributed by atoms with van der Waals surface area (Å²) in [6.07, 6.45) is 4.03. The number of halogens is 1. The molecule has 1 aliphatic rings. The summed E-state index contributed by atoms with van der Waals surface area (Å²) in [5, 5.41) is 3.98. The summed E-state index contributed by atoms with van der Waals surface area (Å²) in [7, 11) is 1.42. The number of carbonyl (C=O) groups is 1. The fraction of sp³-hybridized carbons (Fsp3) is 0.240. The van der Waals surface area contributed by atoms with Crippen molar-refractivity contribution in [3.8, 4) is 11.4 Å². The van der Waals surface area contributed by atoms with Crippen LogP contribution in [0.1, 0.15) is 5.56 Å². The van der Waals surface area contributed by atoms with Crippen molar-refractivity contribution in [2.24, 2.45) is 0 Å². The second-order valence-corrected chi connectivity index (χ2v) is 7.97. The molecule has 0 atom stereocenters. The van der Waals surface area contributed by atoms with E-state index in [4.69, 9.17) is 9.47 Å². The van der Waals surface area contributed by atoms with Gasteiger partial charge in [-0.25, -0.2) is 9.37 Å². The lowest BCUT2D eigenvalue weighted by atomic mass is 10.1. The molecule has 174 valence electrons. The maximum atomic E-state index is 13.7. The van der Waals surface area contributed by atoms with Crippen LogP contribution in [0.4, 0.5) is 16.0 Å². The van der Waals surface area contributed by atoms with Crippen LogP contribution >= 0.6 is 0 Å². The lowest BCUT2D eigenvalue weighted by molar-refractivity contribution is -0.134. The first kappa shape index (κ1) is 21.8. The average Bonchev–Trinajstić information content (AvgIpc) is 3.29. The number of aromatic nitrogens is 3. The second-order valence-electron chi connectivity index (χ2n) is 7.97. The van der Waals surface area contributed by atoms with Gasteiger partial charge in [0.2, 0.25) is 11.9 Å². The summed E-state index contributed by atoms with van der Waals surface area (Å²) in [5.41, 5.74) is 3.22. The molecule has 0 unspecified atom stereocenters. The molecule has 9 heteroatoms. The van der Waals surface area contributed by atoms with Gasteiger partial charge in [-0.3, -0.25) is 4.79 Å². The van der Waals surface area contributed by atoms with Gasteiger partial charge < -0.3 is 24.3 Å². The monoisotopic (exact) mass is 461 g/mol. The third-order valence-electron chi connectivity index (χ3n) is 5.77. The van der Waals surface area contributed by atoms with E-state index >= 15 is 0 Å². The molecule has 0 bridgehead atoms. The van der Waals surface area contributed by atoms with Crippen molar-refractivity contribution in [2.75, 3.05) is 38.7 Å². The molecule has 8 nitrogen and oxygen atoms in total. The van der Waals surface area contributed by atoms with Crippen LogP contribution < -0.4 is 10.1 Å². The molecule has 0 spiro atoms. The molecule has 3 heterocycles. The Bertz CT molecular complexity index is 1320. The predicted molar refractivity (Wildman–Crippen MR) is 126 cm³/mol. The number of hydrogen-bond acceptors (Lipinski definition) is 6. The highest BCUT2D eigenvalue weighted by Crippen LogP contribution is 2.25. The van der Waals surface area contributed by atoms with Gasteiger partial charge in [0.15, 0.2) is 11.6 Å². The Labute approximate surface area is 195 Å². The topological polar surface area (TPSA) is 81.5 Å². The first-order chi connectivity index (χ1) is 16.6. The number of carbonyl (C=O) groups excluding carboxylic acids is 1. The van der Waals surface area contributed by atoms with Gasteiger partial charge in [-0.1, -0.05) is 12.1 Å². The van der Waals surface area contributed by atoms with Crippen molar-refractivity contribution < 1.29 is 18.7 Å². The molecule has 1 N–H and O–H groups in total. The Morgan fingerprint density at radius 1 is 1.15 bits per heavy atom. The molecule has 0 aliphatic carbocycles. The highest BCUT2D eigenvalue weighted by molar-refractivity contribution is 5.80. The van der Waals surface area contributed by atoms with Crippen molar-refractivity contribution >= 4 is 28.6 Å². The summed E-state index contributed by atoms with van der Waals surface area (Å²) in [6, 6.07) is 14.3. The minimum atomic E-state index is -0.437. The standard InChI is InChI=1S/C25H24FN5O3/c1-33-22-15-19(4-7-21(22)26)28-25-27-16-18-8-9-31(24(18)29-25)20-5-2-17(3-6-20)14-23(32)30-10-12-34-13-11-30/h2-9,15-16H,10-14H2,1H3,(H,27,28,29). The third-order valence-corrected chi connectivity index (χ3v) is 5.77. The summed E-state index contributed by atoms with van der Waals surface area (Å²) in [6.45, 7) is 2.48. The highest BCUT2D eigenvalue weighted by Gasteiger charge is 2.17. The zero-order valence-corrected chi connectivity index (χ0v) is 18.7. The van der Waals surface area contributed by atoms with Gasteiger partial charge in [0.05, 0.1) is 26.7 Å². The highest BCUT2D eigenvalue weighted by atomic mass is 19.1. The number of benzene rings is 2. The van der Waals surface area contributed by atoms with E-state index in [0.717, 1.165) is 22.3 Å². The molecular weight excluding hydrogens is 437 g/mol. The minimum Gasteiger partial charge on any atom is -0.494 e. The third kappa shape index (κ3) is 4.55. The van der Waals surface area contributed by atoms with Crippen molar-refractivity contribution in [2.45, 2.75) is 6.42 Å². The zero-order chi connectivity index (χ0) is 23.5. The summed E-state index contributed by atoms with van der Waals surface area (Å²) in [5.74, 6) is 0.201. The first-order valence-corrected chi connectivity index (χ1v) is 11.0. The Kier molecular flexibility index (Phi) is 6.09. The number of amides is 1. The molecule has 1 amide bonds. The smallest absolute Gasteiger partial charge is 0.229 e. The zero-order valence-electron chi connectivity index (χ0n) is 18.7. The van der Waals surface area contributed by atoms with E-state index in [0.29, 0.717) is 44.4 Å². The maximum absolute atomic E-state index is 13.7. The van der Waals surface area contributed by atoms with Crippen LogP contribution in [-0.4, -0.2) is 58.8 Å². The van der Waals surface area contributed by atoms with Crippen LogP contribution in [0.2, 0.25) is 0 Å². The van der Waals surface area contributed by atoms with Crippen LogP contribution in [0.15, 0.2) is 60.9 Å². The van der Waals surface area contributed by atoms with E-state index in [-0.39, 0.29) is 11.7 Å². The van der Waals surface area contributed by atoms with Crippen molar-refractivity contribution in [3.63, 3.8) is 0 Å². The molecule has 2 aromatic heterocycles. The number of ether oxygens (including phenoxy) is 2. The Morgan fingerprint density at radius 2 is 1.94 bits per heavy atom. The first-order valence-electron chi connectivity index (χ1n) is 11.0. The predicted octanol–water partition coefficient (Wildman–Crippen LogP) is 3.71.